The molecular weight excluding hydrogens is 271 g/mol. The van der Waals surface area contributed by atoms with Crippen LogP contribution in [0.3, 0.4) is 0 Å². The molecule has 0 spiro atoms. The molecule has 0 aromatic heterocycles. The minimum absolute atomic E-state index is 0.0462. The molecule has 0 aliphatic carbocycles. The number of halogens is 1. The van der Waals surface area contributed by atoms with Crippen LogP contribution in [0.4, 0.5) is 10.1 Å². The van der Waals surface area contributed by atoms with E-state index in [1.807, 2.05) is 12.1 Å². The Labute approximate surface area is 121 Å². The summed E-state index contributed by atoms with van der Waals surface area (Å²) < 4.78 is 19.2. The fraction of sp³-hybridized carbons (Fsp3) is 0.188. The number of hydrogen-bond donors (Lipinski definition) is 1. The van der Waals surface area contributed by atoms with Gasteiger partial charge < -0.3 is 15.4 Å². The third-order valence-corrected chi connectivity index (χ3v) is 3.49. The Morgan fingerprint density at radius 1 is 1.24 bits per heavy atom. The minimum atomic E-state index is -0.322. The molecule has 0 bridgehead atoms. The summed E-state index contributed by atoms with van der Waals surface area (Å²) >= 11 is 0. The van der Waals surface area contributed by atoms with Crippen LogP contribution in [0.1, 0.15) is 11.1 Å². The maximum absolute atomic E-state index is 13.8. The van der Waals surface area contributed by atoms with Crippen LogP contribution >= 0.6 is 0 Å². The highest BCUT2D eigenvalue weighted by atomic mass is 19.1. The quantitative estimate of drug-likeness (QED) is 0.941. The molecule has 0 saturated heterocycles. The molecule has 108 valence electrons. The van der Waals surface area contributed by atoms with E-state index in [-0.39, 0.29) is 24.9 Å². The highest BCUT2D eigenvalue weighted by molar-refractivity contribution is 5.97. The molecule has 0 fully saturated rings. The number of rotatable bonds is 3. The first-order chi connectivity index (χ1) is 10.2. The Hall–Kier alpha value is -2.40. The van der Waals surface area contributed by atoms with Gasteiger partial charge in [0.2, 0.25) is 0 Å². The van der Waals surface area contributed by atoms with E-state index in [1.165, 1.54) is 11.0 Å². The third kappa shape index (κ3) is 2.60. The second kappa shape index (κ2) is 5.54. The van der Waals surface area contributed by atoms with Crippen molar-refractivity contribution in [2.75, 3.05) is 11.5 Å². The number of anilines is 1. The van der Waals surface area contributed by atoms with Crippen LogP contribution in [-0.2, 0) is 17.9 Å². The molecule has 1 aliphatic heterocycles. The summed E-state index contributed by atoms with van der Waals surface area (Å²) in [4.78, 5) is 13.6. The van der Waals surface area contributed by atoms with Crippen molar-refractivity contribution in [3.8, 4) is 5.75 Å². The maximum atomic E-state index is 13.8. The lowest BCUT2D eigenvalue weighted by Crippen LogP contribution is -2.38. The first-order valence-electron chi connectivity index (χ1n) is 6.68. The Morgan fingerprint density at radius 3 is 2.81 bits per heavy atom. The van der Waals surface area contributed by atoms with E-state index in [0.29, 0.717) is 23.5 Å². The Bertz CT molecular complexity index is 688. The number of nitrogens with two attached hydrogens (primary N) is 1. The predicted octanol–water partition coefficient (Wildman–Crippen LogP) is 2.21. The highest BCUT2D eigenvalue weighted by Crippen LogP contribution is 2.34. The molecule has 2 aromatic carbocycles. The molecule has 4 nitrogen and oxygen atoms in total. The van der Waals surface area contributed by atoms with Crippen molar-refractivity contribution in [3.63, 3.8) is 0 Å². The van der Waals surface area contributed by atoms with E-state index in [9.17, 15) is 9.18 Å². The summed E-state index contributed by atoms with van der Waals surface area (Å²) in [6.07, 6.45) is 0. The van der Waals surface area contributed by atoms with Gasteiger partial charge in [0, 0.05) is 12.1 Å². The topological polar surface area (TPSA) is 55.6 Å². The summed E-state index contributed by atoms with van der Waals surface area (Å²) in [6, 6.07) is 11.9. The lowest BCUT2D eigenvalue weighted by atomic mass is 10.1. The zero-order chi connectivity index (χ0) is 14.8. The fourth-order valence-electron chi connectivity index (χ4n) is 2.35. The molecule has 0 radical (unpaired) electrons. The van der Waals surface area contributed by atoms with Gasteiger partial charge in [-0.1, -0.05) is 24.3 Å². The van der Waals surface area contributed by atoms with Crippen molar-refractivity contribution in [2.45, 2.75) is 13.1 Å². The van der Waals surface area contributed by atoms with Crippen molar-refractivity contribution >= 4 is 11.6 Å². The molecule has 21 heavy (non-hydrogen) atoms. The molecule has 5 heteroatoms. The van der Waals surface area contributed by atoms with E-state index in [0.717, 1.165) is 5.56 Å². The van der Waals surface area contributed by atoms with Crippen molar-refractivity contribution in [1.29, 1.82) is 0 Å². The molecule has 0 atom stereocenters. The van der Waals surface area contributed by atoms with Crippen molar-refractivity contribution in [3.05, 3.63) is 59.4 Å². The van der Waals surface area contributed by atoms with Crippen LogP contribution in [0.15, 0.2) is 42.5 Å². The SMILES string of the molecule is NCc1ccc2c(c1)OCC(=O)N2Cc1ccccc1F. The first kappa shape index (κ1) is 13.6. The monoisotopic (exact) mass is 286 g/mol. The van der Waals surface area contributed by atoms with E-state index in [1.54, 1.807) is 24.3 Å². The lowest BCUT2D eigenvalue weighted by molar-refractivity contribution is -0.121. The summed E-state index contributed by atoms with van der Waals surface area (Å²) in [7, 11) is 0. The van der Waals surface area contributed by atoms with E-state index in [2.05, 4.69) is 0 Å². The molecule has 0 saturated carbocycles. The van der Waals surface area contributed by atoms with Gasteiger partial charge in [-0.15, -0.1) is 0 Å². The molecule has 1 amide bonds. The molecular formula is C16H15FN2O2. The summed E-state index contributed by atoms with van der Waals surface area (Å²) in [5.41, 5.74) is 7.65. The van der Waals surface area contributed by atoms with Gasteiger partial charge in [0.05, 0.1) is 12.2 Å². The molecule has 2 N–H and O–H groups in total. The molecule has 2 aromatic rings. The Kier molecular flexibility index (Phi) is 3.58. The zero-order valence-corrected chi connectivity index (χ0v) is 11.4. The average Bonchev–Trinajstić information content (AvgIpc) is 2.51. The van der Waals surface area contributed by atoms with E-state index in [4.69, 9.17) is 10.5 Å². The Balaban J connectivity index is 1.96. The number of benzene rings is 2. The largest absolute Gasteiger partial charge is 0.482 e. The average molecular weight is 286 g/mol. The molecule has 1 aliphatic rings. The van der Waals surface area contributed by atoms with Crippen LogP contribution in [0.2, 0.25) is 0 Å². The van der Waals surface area contributed by atoms with Gasteiger partial charge >= 0.3 is 0 Å². The summed E-state index contributed by atoms with van der Waals surface area (Å²) in [6.45, 7) is 0.539. The van der Waals surface area contributed by atoms with Gasteiger partial charge in [-0.25, -0.2) is 4.39 Å². The number of amides is 1. The number of nitrogens with zero attached hydrogens (tertiary/aromatic N) is 1. The maximum Gasteiger partial charge on any atom is 0.265 e. The first-order valence-corrected chi connectivity index (χ1v) is 6.68. The summed E-state index contributed by atoms with van der Waals surface area (Å²) in [5, 5.41) is 0. The van der Waals surface area contributed by atoms with Gasteiger partial charge in [0.15, 0.2) is 6.61 Å². The van der Waals surface area contributed by atoms with Gasteiger partial charge in [0.1, 0.15) is 11.6 Å². The number of hydrogen-bond acceptors (Lipinski definition) is 3. The van der Waals surface area contributed by atoms with E-state index < -0.39 is 0 Å². The summed E-state index contributed by atoms with van der Waals surface area (Å²) in [5.74, 6) is 0.0945. The normalized spacial score (nSPS) is 13.8. The number of carbonyl (C=O) groups is 1. The fourth-order valence-corrected chi connectivity index (χ4v) is 2.35. The van der Waals surface area contributed by atoms with Gasteiger partial charge in [-0.3, -0.25) is 4.79 Å². The zero-order valence-electron chi connectivity index (χ0n) is 11.4. The number of fused-ring (bicyclic) bond motifs is 1. The second-order valence-corrected chi connectivity index (χ2v) is 4.87. The second-order valence-electron chi connectivity index (χ2n) is 4.87. The minimum Gasteiger partial charge on any atom is -0.482 e. The van der Waals surface area contributed by atoms with Crippen molar-refractivity contribution < 1.29 is 13.9 Å². The molecule has 0 unspecified atom stereocenters. The standard InChI is InChI=1S/C16H15FN2O2/c17-13-4-2-1-3-12(13)9-19-14-6-5-11(8-18)7-15(14)21-10-16(19)20/h1-7H,8-10,18H2. The smallest absolute Gasteiger partial charge is 0.265 e. The molecule has 1 heterocycles. The van der Waals surface area contributed by atoms with Crippen LogP contribution < -0.4 is 15.4 Å². The third-order valence-electron chi connectivity index (χ3n) is 3.49. The van der Waals surface area contributed by atoms with Crippen LogP contribution in [0.5, 0.6) is 5.75 Å². The van der Waals surface area contributed by atoms with Gasteiger partial charge in [0.25, 0.3) is 5.91 Å². The lowest BCUT2D eigenvalue weighted by Gasteiger charge is -2.29. The van der Waals surface area contributed by atoms with Crippen LogP contribution in [0.25, 0.3) is 0 Å². The van der Waals surface area contributed by atoms with Crippen molar-refractivity contribution in [2.24, 2.45) is 5.73 Å². The number of ether oxygens (including phenoxy) is 1. The highest BCUT2D eigenvalue weighted by Gasteiger charge is 2.26. The molecule has 3 rings (SSSR count). The van der Waals surface area contributed by atoms with Crippen LogP contribution in [-0.4, -0.2) is 12.5 Å². The number of carbonyl (C=O) groups excluding carboxylic acids is 1. The van der Waals surface area contributed by atoms with Gasteiger partial charge in [-0.05, 0) is 23.8 Å². The van der Waals surface area contributed by atoms with Crippen LogP contribution in [0, 0.1) is 5.82 Å². The predicted molar refractivity (Wildman–Crippen MR) is 77.4 cm³/mol. The van der Waals surface area contributed by atoms with E-state index >= 15 is 0 Å². The Morgan fingerprint density at radius 2 is 2.05 bits per heavy atom. The van der Waals surface area contributed by atoms with Gasteiger partial charge in [-0.2, -0.15) is 0 Å². The van der Waals surface area contributed by atoms with Crippen molar-refractivity contribution in [1.82, 2.24) is 0 Å².